The Morgan fingerprint density at radius 1 is 1.05 bits per heavy atom. The molecule has 0 fully saturated rings. The normalized spacial score (nSPS) is 10.3. The molecule has 1 aromatic heterocycles. The third-order valence-corrected chi connectivity index (χ3v) is 2.66. The predicted molar refractivity (Wildman–Crippen MR) is 74.6 cm³/mol. The van der Waals surface area contributed by atoms with Crippen molar-refractivity contribution in [2.24, 2.45) is 0 Å². The molecule has 0 saturated heterocycles. The number of anilines is 3. The number of ether oxygens (including phenoxy) is 1. The summed E-state index contributed by atoms with van der Waals surface area (Å²) in [6.45, 7) is 2.08. The summed E-state index contributed by atoms with van der Waals surface area (Å²) in [5, 5.41) is 5.09. The average molecular weight is 297 g/mol. The topological polar surface area (TPSA) is 46.2 Å². The van der Waals surface area contributed by atoms with Gasteiger partial charge in [0.15, 0.2) is 34.8 Å². The highest BCUT2D eigenvalue weighted by Gasteiger charge is 2.12. The van der Waals surface area contributed by atoms with Crippen molar-refractivity contribution in [2.75, 3.05) is 24.3 Å². The van der Waals surface area contributed by atoms with Gasteiger partial charge in [-0.25, -0.2) is 18.2 Å². The average Bonchev–Trinajstić information content (AvgIpc) is 2.45. The monoisotopic (exact) mass is 297 g/mol. The van der Waals surface area contributed by atoms with Gasteiger partial charge in [0.2, 0.25) is 0 Å². The largest absolute Gasteiger partial charge is 0.491 e. The summed E-state index contributed by atoms with van der Waals surface area (Å²) in [7, 11) is 1.46. The molecule has 0 bridgehead atoms. The molecule has 0 aliphatic rings. The first-order valence-electron chi connectivity index (χ1n) is 6.28. The maximum absolute atomic E-state index is 13.7. The zero-order valence-corrected chi connectivity index (χ0v) is 11.5. The Balaban J connectivity index is 2.28. The number of pyridine rings is 1. The van der Waals surface area contributed by atoms with Gasteiger partial charge in [0.25, 0.3) is 0 Å². The maximum Gasteiger partial charge on any atom is 0.169 e. The molecule has 0 aliphatic carbocycles. The van der Waals surface area contributed by atoms with Crippen LogP contribution in [0.2, 0.25) is 0 Å². The molecule has 0 atom stereocenters. The molecule has 1 heterocycles. The standard InChI is InChI=1S/C14H14F3N3O/c1-3-21-12-5-4-8(6-9(12)15)19-14-11(17)7-10(16)13(18-2)20-14/h4-7H,3H2,1-2H3,(H2,18,19,20). The van der Waals surface area contributed by atoms with E-state index in [4.69, 9.17) is 4.74 Å². The molecule has 2 aromatic rings. The molecule has 0 unspecified atom stereocenters. The van der Waals surface area contributed by atoms with Crippen LogP contribution in [0.25, 0.3) is 0 Å². The Morgan fingerprint density at radius 2 is 1.76 bits per heavy atom. The van der Waals surface area contributed by atoms with E-state index in [9.17, 15) is 13.2 Å². The smallest absolute Gasteiger partial charge is 0.169 e. The van der Waals surface area contributed by atoms with E-state index < -0.39 is 17.5 Å². The molecule has 21 heavy (non-hydrogen) atoms. The van der Waals surface area contributed by atoms with Crippen LogP contribution in [0.15, 0.2) is 24.3 Å². The minimum Gasteiger partial charge on any atom is -0.491 e. The molecule has 2 N–H and O–H groups in total. The Bertz CT molecular complexity index is 650. The summed E-state index contributed by atoms with van der Waals surface area (Å²) in [6, 6.07) is 4.78. The molecule has 112 valence electrons. The highest BCUT2D eigenvalue weighted by Crippen LogP contribution is 2.26. The first-order chi connectivity index (χ1) is 10.0. The Hall–Kier alpha value is -2.44. The SMILES string of the molecule is CCOc1ccc(Nc2nc(NC)c(F)cc2F)cc1F. The van der Waals surface area contributed by atoms with E-state index >= 15 is 0 Å². The number of nitrogens with one attached hydrogen (secondary N) is 2. The lowest BCUT2D eigenvalue weighted by Crippen LogP contribution is -2.04. The first kappa shape index (κ1) is 15.0. The Kier molecular flexibility index (Phi) is 4.52. The van der Waals surface area contributed by atoms with Crippen molar-refractivity contribution in [1.29, 1.82) is 0 Å². The highest BCUT2D eigenvalue weighted by atomic mass is 19.1. The van der Waals surface area contributed by atoms with Crippen LogP contribution in [0.3, 0.4) is 0 Å². The summed E-state index contributed by atoms with van der Waals surface area (Å²) >= 11 is 0. The van der Waals surface area contributed by atoms with Gasteiger partial charge in [-0.3, -0.25) is 0 Å². The fraction of sp³-hybridized carbons (Fsp3) is 0.214. The molecule has 2 rings (SSSR count). The van der Waals surface area contributed by atoms with Crippen molar-refractivity contribution in [3.63, 3.8) is 0 Å². The van der Waals surface area contributed by atoms with Crippen LogP contribution in [0.5, 0.6) is 5.75 Å². The van der Waals surface area contributed by atoms with E-state index in [1.165, 1.54) is 19.2 Å². The van der Waals surface area contributed by atoms with Crippen LogP contribution in [0.4, 0.5) is 30.5 Å². The fourth-order valence-electron chi connectivity index (χ4n) is 1.72. The van der Waals surface area contributed by atoms with Gasteiger partial charge in [-0.05, 0) is 19.1 Å². The summed E-state index contributed by atoms with van der Waals surface area (Å²) in [6.07, 6.45) is 0. The zero-order valence-electron chi connectivity index (χ0n) is 11.5. The predicted octanol–water partition coefficient (Wildman–Crippen LogP) is 3.68. The van der Waals surface area contributed by atoms with E-state index in [-0.39, 0.29) is 23.1 Å². The highest BCUT2D eigenvalue weighted by molar-refractivity contribution is 5.60. The zero-order chi connectivity index (χ0) is 15.4. The molecule has 0 spiro atoms. The van der Waals surface area contributed by atoms with Crippen molar-refractivity contribution in [2.45, 2.75) is 6.92 Å². The van der Waals surface area contributed by atoms with Crippen LogP contribution in [-0.2, 0) is 0 Å². The minimum absolute atomic E-state index is 0.103. The van der Waals surface area contributed by atoms with Crippen LogP contribution in [-0.4, -0.2) is 18.6 Å². The van der Waals surface area contributed by atoms with Crippen molar-refractivity contribution >= 4 is 17.3 Å². The molecule has 0 amide bonds. The summed E-state index contributed by atoms with van der Waals surface area (Å²) in [5.74, 6) is -2.47. The third kappa shape index (κ3) is 3.36. The molecule has 0 radical (unpaired) electrons. The maximum atomic E-state index is 13.7. The number of hydrogen-bond acceptors (Lipinski definition) is 4. The molecule has 1 aromatic carbocycles. The molecule has 0 aliphatic heterocycles. The molecule has 4 nitrogen and oxygen atoms in total. The molecule has 0 saturated carbocycles. The van der Waals surface area contributed by atoms with E-state index in [1.54, 1.807) is 6.92 Å². The van der Waals surface area contributed by atoms with Crippen LogP contribution in [0, 0.1) is 17.5 Å². The van der Waals surface area contributed by atoms with Crippen molar-refractivity contribution in [1.82, 2.24) is 4.98 Å². The lowest BCUT2D eigenvalue weighted by Gasteiger charge is -2.11. The Morgan fingerprint density at radius 3 is 2.38 bits per heavy atom. The number of hydrogen-bond donors (Lipinski definition) is 2. The van der Waals surface area contributed by atoms with Gasteiger partial charge in [0.05, 0.1) is 6.61 Å². The quantitative estimate of drug-likeness (QED) is 0.883. The van der Waals surface area contributed by atoms with Gasteiger partial charge in [-0.2, -0.15) is 0 Å². The van der Waals surface area contributed by atoms with Gasteiger partial charge in [-0.15, -0.1) is 0 Å². The van der Waals surface area contributed by atoms with E-state index in [2.05, 4.69) is 15.6 Å². The second-order valence-corrected chi connectivity index (χ2v) is 4.10. The van der Waals surface area contributed by atoms with E-state index in [0.29, 0.717) is 12.7 Å². The number of benzene rings is 1. The summed E-state index contributed by atoms with van der Waals surface area (Å²) in [5.41, 5.74) is 0.274. The van der Waals surface area contributed by atoms with Gasteiger partial charge in [0.1, 0.15) is 0 Å². The molecular formula is C14H14F3N3O. The summed E-state index contributed by atoms with van der Waals surface area (Å²) < 4.78 is 45.7. The second kappa shape index (κ2) is 6.34. The minimum atomic E-state index is -0.874. The lowest BCUT2D eigenvalue weighted by atomic mass is 10.3. The van der Waals surface area contributed by atoms with Gasteiger partial charge in [0, 0.05) is 24.9 Å². The van der Waals surface area contributed by atoms with Crippen LogP contribution < -0.4 is 15.4 Å². The van der Waals surface area contributed by atoms with E-state index in [0.717, 1.165) is 6.07 Å². The lowest BCUT2D eigenvalue weighted by molar-refractivity contribution is 0.321. The van der Waals surface area contributed by atoms with Crippen molar-refractivity contribution in [3.8, 4) is 5.75 Å². The first-order valence-corrected chi connectivity index (χ1v) is 6.28. The van der Waals surface area contributed by atoms with Crippen molar-refractivity contribution < 1.29 is 17.9 Å². The fourth-order valence-corrected chi connectivity index (χ4v) is 1.72. The van der Waals surface area contributed by atoms with E-state index in [1.807, 2.05) is 0 Å². The molecular weight excluding hydrogens is 283 g/mol. The summed E-state index contributed by atoms with van der Waals surface area (Å²) in [4.78, 5) is 3.75. The third-order valence-electron chi connectivity index (χ3n) is 2.66. The number of nitrogens with zero attached hydrogens (tertiary/aromatic N) is 1. The second-order valence-electron chi connectivity index (χ2n) is 4.10. The van der Waals surface area contributed by atoms with Crippen LogP contribution >= 0.6 is 0 Å². The van der Waals surface area contributed by atoms with Crippen LogP contribution in [0.1, 0.15) is 6.92 Å². The van der Waals surface area contributed by atoms with Gasteiger partial charge >= 0.3 is 0 Å². The Labute approximate surface area is 120 Å². The number of halogens is 3. The number of aromatic nitrogens is 1. The van der Waals surface area contributed by atoms with Gasteiger partial charge in [-0.1, -0.05) is 0 Å². The number of rotatable bonds is 5. The van der Waals surface area contributed by atoms with Crippen molar-refractivity contribution in [3.05, 3.63) is 41.7 Å². The van der Waals surface area contributed by atoms with Gasteiger partial charge < -0.3 is 15.4 Å². The molecule has 7 heteroatoms.